The molecule has 2 aromatic heterocycles. The minimum absolute atomic E-state index is 0.0405. The van der Waals surface area contributed by atoms with Crippen molar-refractivity contribution in [2.75, 3.05) is 7.11 Å². The lowest BCUT2D eigenvalue weighted by molar-refractivity contribution is -0.145. The zero-order chi connectivity index (χ0) is 20.8. The first-order valence-corrected chi connectivity index (χ1v) is 10.8. The van der Waals surface area contributed by atoms with E-state index in [0.29, 0.717) is 10.9 Å². The molecule has 4 rings (SSSR count). The van der Waals surface area contributed by atoms with Crippen molar-refractivity contribution >= 4 is 26.9 Å². The molecule has 0 radical (unpaired) electrons. The van der Waals surface area contributed by atoms with Crippen LogP contribution in [-0.2, 0) is 32.5 Å². The quantitative estimate of drug-likeness (QED) is 0.608. The number of hydrogen-bond acceptors (Lipinski definition) is 6. The first kappa shape index (κ1) is 19.5. The van der Waals surface area contributed by atoms with E-state index in [-0.39, 0.29) is 23.9 Å². The second-order valence-electron chi connectivity index (χ2n) is 7.26. The minimum Gasteiger partial charge on any atom is -0.468 e. The number of para-hydroxylation sites is 1. The van der Waals surface area contributed by atoms with Gasteiger partial charge in [0.2, 0.25) is 10.0 Å². The monoisotopic (exact) mass is 414 g/mol. The molecule has 9 heteroatoms. The lowest BCUT2D eigenvalue weighted by atomic mass is 10.1. The van der Waals surface area contributed by atoms with E-state index in [2.05, 4.69) is 9.97 Å². The van der Waals surface area contributed by atoms with Crippen molar-refractivity contribution in [2.45, 2.75) is 43.8 Å². The molecule has 8 nitrogen and oxygen atoms in total. The van der Waals surface area contributed by atoms with Crippen molar-refractivity contribution in [3.05, 3.63) is 54.2 Å². The van der Waals surface area contributed by atoms with Gasteiger partial charge < -0.3 is 9.30 Å². The Morgan fingerprint density at radius 3 is 2.69 bits per heavy atom. The highest BCUT2D eigenvalue weighted by Gasteiger charge is 2.42. The fraction of sp³-hybridized carbons (Fsp3) is 0.350. The fourth-order valence-corrected chi connectivity index (χ4v) is 5.46. The maximum absolute atomic E-state index is 13.7. The summed E-state index contributed by atoms with van der Waals surface area (Å²) in [5.74, 6) is -0.605. The van der Waals surface area contributed by atoms with Crippen LogP contribution in [0.4, 0.5) is 0 Å². The molecule has 0 bridgehead atoms. The van der Waals surface area contributed by atoms with Crippen LogP contribution in [0.5, 0.6) is 0 Å². The predicted molar refractivity (Wildman–Crippen MR) is 107 cm³/mol. The number of methoxy groups -OCH3 is 1. The van der Waals surface area contributed by atoms with Crippen LogP contribution in [0.25, 0.3) is 10.9 Å². The third kappa shape index (κ3) is 3.20. The smallest absolute Gasteiger partial charge is 0.324 e. The average molecular weight is 414 g/mol. The van der Waals surface area contributed by atoms with Crippen molar-refractivity contribution in [3.8, 4) is 0 Å². The maximum Gasteiger partial charge on any atom is 0.324 e. The number of benzene rings is 1. The van der Waals surface area contributed by atoms with E-state index in [1.54, 1.807) is 36.8 Å². The van der Waals surface area contributed by atoms with Gasteiger partial charge in [0.25, 0.3) is 0 Å². The Labute approximate surface area is 169 Å². The van der Waals surface area contributed by atoms with Gasteiger partial charge in [-0.15, -0.1) is 0 Å². The Bertz CT molecular complexity index is 1180. The van der Waals surface area contributed by atoms with E-state index in [1.807, 2.05) is 18.4 Å². The molecule has 0 spiro atoms. The molecule has 29 heavy (non-hydrogen) atoms. The van der Waals surface area contributed by atoms with Crippen LogP contribution < -0.4 is 0 Å². The SMILES string of the molecule is COC(=O)[C@@H]1Cc2ncn(C(C)C)c2CN1S(=O)(=O)c1cccc2cccnc12. The molecule has 0 unspecified atom stereocenters. The number of pyridine rings is 1. The summed E-state index contributed by atoms with van der Waals surface area (Å²) in [7, 11) is -2.77. The van der Waals surface area contributed by atoms with E-state index in [0.717, 1.165) is 11.4 Å². The maximum atomic E-state index is 13.7. The highest BCUT2D eigenvalue weighted by molar-refractivity contribution is 7.89. The number of esters is 1. The topological polar surface area (TPSA) is 94.4 Å². The summed E-state index contributed by atoms with van der Waals surface area (Å²) in [6, 6.07) is 7.70. The molecule has 152 valence electrons. The number of sulfonamides is 1. The zero-order valence-corrected chi connectivity index (χ0v) is 17.3. The minimum atomic E-state index is -4.03. The van der Waals surface area contributed by atoms with E-state index >= 15 is 0 Å². The van der Waals surface area contributed by atoms with E-state index in [4.69, 9.17) is 4.74 Å². The van der Waals surface area contributed by atoms with Crippen LogP contribution in [0, 0.1) is 0 Å². The Kier molecular flexibility index (Phi) is 4.87. The van der Waals surface area contributed by atoms with Gasteiger partial charge in [-0.05, 0) is 26.0 Å². The summed E-state index contributed by atoms with van der Waals surface area (Å²) >= 11 is 0. The van der Waals surface area contributed by atoms with Crippen LogP contribution in [-0.4, -0.2) is 46.4 Å². The Morgan fingerprint density at radius 2 is 1.97 bits per heavy atom. The molecule has 0 aliphatic carbocycles. The summed E-state index contributed by atoms with van der Waals surface area (Å²) in [5, 5.41) is 0.716. The van der Waals surface area contributed by atoms with Gasteiger partial charge in [0.15, 0.2) is 0 Å². The number of nitrogens with zero attached hydrogens (tertiary/aromatic N) is 4. The van der Waals surface area contributed by atoms with Gasteiger partial charge in [0.1, 0.15) is 10.9 Å². The molecule has 0 amide bonds. The van der Waals surface area contributed by atoms with Crippen LogP contribution in [0.1, 0.15) is 31.3 Å². The fourth-order valence-electron chi connectivity index (χ4n) is 3.76. The number of ether oxygens (including phenoxy) is 1. The normalized spacial score (nSPS) is 17.4. The first-order valence-electron chi connectivity index (χ1n) is 9.32. The standard InChI is InChI=1S/C20H22N4O4S/c1-13(2)23-12-22-15-10-16(20(25)28-3)24(11-17(15)23)29(26,27)18-8-4-6-14-7-5-9-21-19(14)18/h4-9,12-13,16H,10-11H2,1-3H3/t16-/m0/s1. The van der Waals surface area contributed by atoms with Gasteiger partial charge in [0.05, 0.1) is 36.9 Å². The van der Waals surface area contributed by atoms with Gasteiger partial charge in [-0.2, -0.15) is 4.31 Å². The molecule has 0 saturated carbocycles. The molecule has 3 heterocycles. The summed E-state index contributed by atoms with van der Waals surface area (Å²) in [6.45, 7) is 4.04. The summed E-state index contributed by atoms with van der Waals surface area (Å²) < 4.78 is 35.4. The predicted octanol–water partition coefficient (Wildman–Crippen LogP) is 2.30. The number of carbonyl (C=O) groups excluding carboxylic acids is 1. The van der Waals surface area contributed by atoms with Crippen LogP contribution in [0.3, 0.4) is 0 Å². The number of aromatic nitrogens is 3. The molecule has 1 aliphatic heterocycles. The third-order valence-electron chi connectivity index (χ3n) is 5.23. The largest absolute Gasteiger partial charge is 0.468 e. The highest BCUT2D eigenvalue weighted by Crippen LogP contribution is 2.32. The Morgan fingerprint density at radius 1 is 1.21 bits per heavy atom. The van der Waals surface area contributed by atoms with Gasteiger partial charge in [-0.3, -0.25) is 9.78 Å². The van der Waals surface area contributed by atoms with E-state index < -0.39 is 22.0 Å². The third-order valence-corrected chi connectivity index (χ3v) is 7.12. The summed E-state index contributed by atoms with van der Waals surface area (Å²) in [4.78, 5) is 21.2. The molecule has 3 aromatic rings. The number of imidazole rings is 1. The molecule has 1 aliphatic rings. The van der Waals surface area contributed by atoms with Crippen molar-refractivity contribution in [1.82, 2.24) is 18.8 Å². The van der Waals surface area contributed by atoms with Gasteiger partial charge in [-0.1, -0.05) is 18.2 Å². The zero-order valence-electron chi connectivity index (χ0n) is 16.4. The molecule has 0 fully saturated rings. The van der Waals surface area contributed by atoms with Gasteiger partial charge in [-0.25, -0.2) is 13.4 Å². The summed E-state index contributed by atoms with van der Waals surface area (Å²) in [6.07, 6.45) is 3.42. The average Bonchev–Trinajstić information content (AvgIpc) is 3.15. The molecule has 1 aromatic carbocycles. The van der Waals surface area contributed by atoms with Gasteiger partial charge >= 0.3 is 5.97 Å². The van der Waals surface area contributed by atoms with Crippen molar-refractivity contribution < 1.29 is 17.9 Å². The van der Waals surface area contributed by atoms with E-state index in [9.17, 15) is 13.2 Å². The highest BCUT2D eigenvalue weighted by atomic mass is 32.2. The lowest BCUT2D eigenvalue weighted by Crippen LogP contribution is -2.49. The Hall–Kier alpha value is -2.78. The number of hydrogen-bond donors (Lipinski definition) is 0. The number of rotatable bonds is 4. The van der Waals surface area contributed by atoms with Crippen LogP contribution >= 0.6 is 0 Å². The lowest BCUT2D eigenvalue weighted by Gasteiger charge is -2.33. The molecule has 1 atom stereocenters. The Balaban J connectivity index is 1.87. The molecular formula is C20H22N4O4S. The second kappa shape index (κ2) is 7.23. The number of carbonyl (C=O) groups is 1. The van der Waals surface area contributed by atoms with Crippen molar-refractivity contribution in [1.29, 1.82) is 0 Å². The number of fused-ring (bicyclic) bond motifs is 2. The molecule has 0 saturated heterocycles. The van der Waals surface area contributed by atoms with Gasteiger partial charge in [0, 0.05) is 24.0 Å². The second-order valence-corrected chi connectivity index (χ2v) is 9.12. The van der Waals surface area contributed by atoms with Crippen LogP contribution in [0.2, 0.25) is 0 Å². The van der Waals surface area contributed by atoms with Crippen LogP contribution in [0.15, 0.2) is 47.8 Å². The summed E-state index contributed by atoms with van der Waals surface area (Å²) in [5.41, 5.74) is 1.88. The van der Waals surface area contributed by atoms with Crippen molar-refractivity contribution in [3.63, 3.8) is 0 Å². The molecular weight excluding hydrogens is 392 g/mol. The van der Waals surface area contributed by atoms with Crippen molar-refractivity contribution in [2.24, 2.45) is 0 Å². The first-order chi connectivity index (χ1) is 13.8. The molecule has 0 N–H and O–H groups in total. The van der Waals surface area contributed by atoms with E-state index in [1.165, 1.54) is 17.5 Å².